The molecule has 0 aliphatic heterocycles. The van der Waals surface area contributed by atoms with Crippen LogP contribution in [0.4, 0.5) is 8.78 Å². The molecule has 0 heterocycles. The fraction of sp³-hybridized carbons (Fsp3) is 0.200. The van der Waals surface area contributed by atoms with Crippen molar-refractivity contribution in [3.8, 4) is 0 Å². The zero-order chi connectivity index (χ0) is 12.5. The molecule has 0 radical (unpaired) electrons. The summed E-state index contributed by atoms with van der Waals surface area (Å²) in [5.41, 5.74) is 1.90. The summed E-state index contributed by atoms with van der Waals surface area (Å²) in [6.45, 7) is 3.70. The van der Waals surface area contributed by atoms with Gasteiger partial charge in [-0.05, 0) is 19.9 Å². The second-order valence-corrected chi connectivity index (χ2v) is 4.31. The van der Waals surface area contributed by atoms with Gasteiger partial charge in [-0.25, -0.2) is 0 Å². The summed E-state index contributed by atoms with van der Waals surface area (Å²) < 4.78 is 28.4. The van der Waals surface area contributed by atoms with E-state index in [-0.39, 0.29) is 11.1 Å². The molecule has 2 rings (SSSR count). The summed E-state index contributed by atoms with van der Waals surface area (Å²) in [4.78, 5) is 0. The molecular formula is C15H14F2. The highest BCUT2D eigenvalue weighted by atomic mass is 19.3. The molecule has 2 aromatic carbocycles. The minimum atomic E-state index is -2.93. The van der Waals surface area contributed by atoms with Crippen LogP contribution in [0.1, 0.15) is 22.3 Å². The van der Waals surface area contributed by atoms with Gasteiger partial charge in [0.05, 0.1) is 0 Å². The first-order chi connectivity index (χ1) is 8.00. The highest BCUT2D eigenvalue weighted by Gasteiger charge is 2.33. The highest BCUT2D eigenvalue weighted by molar-refractivity contribution is 5.36. The van der Waals surface area contributed by atoms with Gasteiger partial charge >= 0.3 is 0 Å². The lowest BCUT2D eigenvalue weighted by Gasteiger charge is -2.17. The molecule has 0 unspecified atom stereocenters. The van der Waals surface area contributed by atoms with Crippen molar-refractivity contribution in [1.82, 2.24) is 0 Å². The normalized spacial score (nSPS) is 11.5. The number of alkyl halides is 2. The highest BCUT2D eigenvalue weighted by Crippen LogP contribution is 2.35. The average molecular weight is 232 g/mol. The van der Waals surface area contributed by atoms with Crippen LogP contribution in [-0.2, 0) is 5.92 Å². The molecule has 0 fully saturated rings. The van der Waals surface area contributed by atoms with Gasteiger partial charge in [0, 0.05) is 11.1 Å². The first kappa shape index (κ1) is 11.8. The Morgan fingerprint density at radius 2 is 1.41 bits per heavy atom. The van der Waals surface area contributed by atoms with Crippen LogP contribution in [0.5, 0.6) is 0 Å². The Morgan fingerprint density at radius 1 is 0.765 bits per heavy atom. The van der Waals surface area contributed by atoms with Crippen molar-refractivity contribution in [2.75, 3.05) is 0 Å². The van der Waals surface area contributed by atoms with Gasteiger partial charge < -0.3 is 0 Å². The second-order valence-electron chi connectivity index (χ2n) is 4.31. The number of rotatable bonds is 2. The lowest BCUT2D eigenvalue weighted by atomic mass is 9.98. The van der Waals surface area contributed by atoms with E-state index in [4.69, 9.17) is 0 Å². The third-order valence-electron chi connectivity index (χ3n) is 2.79. The van der Waals surface area contributed by atoms with Gasteiger partial charge in [0.2, 0.25) is 0 Å². The number of benzene rings is 2. The van der Waals surface area contributed by atoms with Crippen LogP contribution in [0, 0.1) is 13.8 Å². The molecule has 0 bridgehead atoms. The average Bonchev–Trinajstić information content (AvgIpc) is 2.29. The number of halogens is 2. The lowest BCUT2D eigenvalue weighted by Crippen LogP contribution is -2.15. The van der Waals surface area contributed by atoms with Gasteiger partial charge in [0.1, 0.15) is 0 Å². The standard InChI is InChI=1S/C15H14F2/c1-11-6-8-13(9-7-11)15(16,17)14-5-3-4-12(2)10-14/h3-10H,1-2H3. The fourth-order valence-corrected chi connectivity index (χ4v) is 1.77. The van der Waals surface area contributed by atoms with Gasteiger partial charge in [-0.3, -0.25) is 0 Å². The van der Waals surface area contributed by atoms with Crippen molar-refractivity contribution in [3.05, 3.63) is 70.8 Å². The molecule has 0 N–H and O–H groups in total. The maximum absolute atomic E-state index is 14.2. The summed E-state index contributed by atoms with van der Waals surface area (Å²) in [7, 11) is 0. The quantitative estimate of drug-likeness (QED) is 0.718. The van der Waals surface area contributed by atoms with E-state index in [1.807, 2.05) is 19.9 Å². The molecule has 2 aromatic rings. The monoisotopic (exact) mass is 232 g/mol. The minimum Gasteiger partial charge on any atom is -0.196 e. The number of hydrogen-bond donors (Lipinski definition) is 0. The first-order valence-electron chi connectivity index (χ1n) is 5.52. The van der Waals surface area contributed by atoms with E-state index < -0.39 is 5.92 Å². The lowest BCUT2D eigenvalue weighted by molar-refractivity contribution is 0.0428. The topological polar surface area (TPSA) is 0 Å². The summed E-state index contributed by atoms with van der Waals surface area (Å²) in [6, 6.07) is 12.8. The van der Waals surface area contributed by atoms with E-state index in [0.717, 1.165) is 11.1 Å². The van der Waals surface area contributed by atoms with Crippen LogP contribution in [0.2, 0.25) is 0 Å². The van der Waals surface area contributed by atoms with Gasteiger partial charge in [0.15, 0.2) is 0 Å². The molecule has 0 saturated heterocycles. The second kappa shape index (κ2) is 4.28. The minimum absolute atomic E-state index is 0.0358. The summed E-state index contributed by atoms with van der Waals surface area (Å²) in [6.07, 6.45) is 0. The summed E-state index contributed by atoms with van der Waals surface area (Å²) in [5.74, 6) is -2.93. The molecule has 2 heteroatoms. The van der Waals surface area contributed by atoms with Crippen molar-refractivity contribution in [3.63, 3.8) is 0 Å². The molecule has 0 aliphatic rings. The van der Waals surface area contributed by atoms with Crippen LogP contribution in [0.25, 0.3) is 0 Å². The van der Waals surface area contributed by atoms with Gasteiger partial charge in [-0.1, -0.05) is 53.6 Å². The largest absolute Gasteiger partial charge is 0.298 e. The molecule has 88 valence electrons. The zero-order valence-corrected chi connectivity index (χ0v) is 9.87. The Kier molecular flexibility index (Phi) is 2.97. The van der Waals surface area contributed by atoms with Crippen molar-refractivity contribution < 1.29 is 8.78 Å². The Balaban J connectivity index is 2.45. The molecule has 0 saturated carbocycles. The molecule has 0 nitrogen and oxygen atoms in total. The smallest absolute Gasteiger partial charge is 0.196 e. The van der Waals surface area contributed by atoms with E-state index in [2.05, 4.69) is 0 Å². The van der Waals surface area contributed by atoms with E-state index >= 15 is 0 Å². The van der Waals surface area contributed by atoms with Crippen LogP contribution >= 0.6 is 0 Å². The van der Waals surface area contributed by atoms with Crippen molar-refractivity contribution in [2.24, 2.45) is 0 Å². The van der Waals surface area contributed by atoms with Crippen molar-refractivity contribution in [2.45, 2.75) is 19.8 Å². The maximum Gasteiger partial charge on any atom is 0.298 e. The maximum atomic E-state index is 14.2. The SMILES string of the molecule is Cc1ccc(C(F)(F)c2cccc(C)c2)cc1. The van der Waals surface area contributed by atoms with Crippen LogP contribution in [0.3, 0.4) is 0 Å². The Morgan fingerprint density at radius 3 is 2.00 bits per heavy atom. The molecular weight excluding hydrogens is 218 g/mol. The molecule has 0 amide bonds. The van der Waals surface area contributed by atoms with E-state index in [1.165, 1.54) is 24.3 Å². The zero-order valence-electron chi connectivity index (χ0n) is 9.87. The predicted molar refractivity (Wildman–Crippen MR) is 65.4 cm³/mol. The summed E-state index contributed by atoms with van der Waals surface area (Å²) in [5, 5.41) is 0. The molecule has 0 aliphatic carbocycles. The Hall–Kier alpha value is -1.70. The molecule has 0 atom stereocenters. The Labute approximate surface area is 99.9 Å². The fourth-order valence-electron chi connectivity index (χ4n) is 1.77. The molecule has 17 heavy (non-hydrogen) atoms. The molecule has 0 aromatic heterocycles. The predicted octanol–water partition coefficient (Wildman–Crippen LogP) is 4.44. The molecule has 0 spiro atoms. The third-order valence-corrected chi connectivity index (χ3v) is 2.79. The number of hydrogen-bond acceptors (Lipinski definition) is 0. The third kappa shape index (κ3) is 2.36. The Bertz CT molecular complexity index is 513. The van der Waals surface area contributed by atoms with Crippen LogP contribution in [-0.4, -0.2) is 0 Å². The van der Waals surface area contributed by atoms with E-state index in [1.54, 1.807) is 18.2 Å². The van der Waals surface area contributed by atoms with Gasteiger partial charge in [-0.15, -0.1) is 0 Å². The van der Waals surface area contributed by atoms with Crippen molar-refractivity contribution >= 4 is 0 Å². The number of aryl methyl sites for hydroxylation is 2. The summed E-state index contributed by atoms with van der Waals surface area (Å²) >= 11 is 0. The van der Waals surface area contributed by atoms with E-state index in [0.29, 0.717) is 0 Å². The van der Waals surface area contributed by atoms with Gasteiger partial charge in [-0.2, -0.15) is 8.78 Å². The first-order valence-corrected chi connectivity index (χ1v) is 5.52. The van der Waals surface area contributed by atoms with Crippen LogP contribution in [0.15, 0.2) is 48.5 Å². The van der Waals surface area contributed by atoms with Crippen LogP contribution < -0.4 is 0 Å². The van der Waals surface area contributed by atoms with Crippen molar-refractivity contribution in [1.29, 1.82) is 0 Å². The van der Waals surface area contributed by atoms with Gasteiger partial charge in [0.25, 0.3) is 5.92 Å². The van der Waals surface area contributed by atoms with E-state index in [9.17, 15) is 8.78 Å².